The van der Waals surface area contributed by atoms with E-state index in [-0.39, 0.29) is 47.0 Å². The summed E-state index contributed by atoms with van der Waals surface area (Å²) in [4.78, 5) is 58.3. The number of β-lactam (4-membered cyclic amide) rings is 1. The Labute approximate surface area is 260 Å². The lowest BCUT2D eigenvalue weighted by atomic mass is 9.79. The summed E-state index contributed by atoms with van der Waals surface area (Å²) >= 11 is 2.91. The van der Waals surface area contributed by atoms with Crippen LogP contribution in [0.3, 0.4) is 0 Å². The van der Waals surface area contributed by atoms with Crippen molar-refractivity contribution in [3.05, 3.63) is 92.0 Å². The van der Waals surface area contributed by atoms with Gasteiger partial charge < -0.3 is 25.0 Å². The quantitative estimate of drug-likeness (QED) is 0.144. The second-order valence-electron chi connectivity index (χ2n) is 10.9. The number of aliphatic hydroxyl groups excluding tert-OH is 1. The maximum Gasteiger partial charge on any atom is 0.356 e. The van der Waals surface area contributed by atoms with E-state index in [1.807, 2.05) is 25.1 Å². The van der Waals surface area contributed by atoms with Crippen molar-refractivity contribution in [2.24, 2.45) is 11.8 Å². The molecule has 6 rings (SSSR count). The van der Waals surface area contributed by atoms with E-state index in [2.05, 4.69) is 15.2 Å². The Bertz CT molecular complexity index is 1640. The van der Waals surface area contributed by atoms with Crippen molar-refractivity contribution in [1.82, 2.24) is 9.88 Å². The number of nitro groups is 1. The lowest BCUT2D eigenvalue weighted by molar-refractivity contribution is -0.384. The molecule has 3 aromatic rings. The molecule has 14 heteroatoms. The van der Waals surface area contributed by atoms with Crippen LogP contribution in [0.4, 0.5) is 16.5 Å². The highest BCUT2D eigenvalue weighted by Crippen LogP contribution is 2.52. The summed E-state index contributed by atoms with van der Waals surface area (Å²) < 4.78 is 5.59. The Kier molecular flexibility index (Phi) is 8.14. The van der Waals surface area contributed by atoms with Crippen molar-refractivity contribution in [3.63, 3.8) is 0 Å². The zero-order valence-electron chi connectivity index (χ0n) is 23.8. The Hall–Kier alpha value is -4.27. The number of nitrogens with one attached hydrogen (secondary N) is 1. The lowest BCUT2D eigenvalue weighted by Crippen LogP contribution is -2.63. The number of anilines is 2. The van der Waals surface area contributed by atoms with Gasteiger partial charge in [0.05, 0.1) is 23.0 Å². The topological polar surface area (TPSA) is 155 Å². The van der Waals surface area contributed by atoms with Crippen molar-refractivity contribution in [1.29, 1.82) is 0 Å². The number of thiazole rings is 1. The van der Waals surface area contributed by atoms with Gasteiger partial charge in [0.15, 0.2) is 5.13 Å². The third-order valence-electron chi connectivity index (χ3n) is 7.99. The summed E-state index contributed by atoms with van der Waals surface area (Å²) in [5.41, 5.74) is 1.73. The fraction of sp³-hybridized carbons (Fsp3) is 0.333. The average Bonchev–Trinajstić information content (AvgIpc) is 3.55. The van der Waals surface area contributed by atoms with Gasteiger partial charge in [-0.25, -0.2) is 9.78 Å². The smallest absolute Gasteiger partial charge is 0.356 e. The summed E-state index contributed by atoms with van der Waals surface area (Å²) in [6, 6.07) is 14.5. The number of benzene rings is 2. The monoisotopic (exact) mass is 635 g/mol. The molecule has 4 atom stereocenters. The molecule has 2 N–H and O–H groups in total. The number of amides is 2. The van der Waals surface area contributed by atoms with Gasteiger partial charge in [0, 0.05) is 52.4 Å². The fourth-order valence-corrected chi connectivity index (χ4v) is 8.02. The number of aliphatic hydroxyl groups is 1. The van der Waals surface area contributed by atoms with Gasteiger partial charge in [0.1, 0.15) is 18.0 Å². The minimum absolute atomic E-state index is 0.0664. The van der Waals surface area contributed by atoms with Gasteiger partial charge in [-0.05, 0) is 36.8 Å². The Morgan fingerprint density at radius 3 is 2.57 bits per heavy atom. The van der Waals surface area contributed by atoms with E-state index in [0.29, 0.717) is 30.0 Å². The molecule has 44 heavy (non-hydrogen) atoms. The van der Waals surface area contributed by atoms with Crippen molar-refractivity contribution in [2.45, 2.75) is 37.9 Å². The maximum atomic E-state index is 13.4. The Balaban J connectivity index is 1.13. The number of thioether (sulfide) groups is 1. The molecule has 3 aliphatic heterocycles. The predicted molar refractivity (Wildman–Crippen MR) is 165 cm³/mol. The van der Waals surface area contributed by atoms with Crippen LogP contribution in [0.5, 0.6) is 0 Å². The molecule has 228 valence electrons. The summed E-state index contributed by atoms with van der Waals surface area (Å²) in [5, 5.41) is 26.6. The van der Waals surface area contributed by atoms with Gasteiger partial charge in [-0.3, -0.25) is 19.7 Å². The second-order valence-corrected chi connectivity index (χ2v) is 13.1. The van der Waals surface area contributed by atoms with E-state index < -0.39 is 22.9 Å². The molecule has 12 nitrogen and oxygen atoms in total. The standard InChI is InChI=1S/C30H29N5O7S2/c1-16-24-23(17(2)36)28(38)34(24)25(29(39)42-14-18-8-10-20(11-9-18)35(40)41)26(16)44-21-12-33(13-21)30-32-22(15-43-30)27(37)31-19-6-4-3-5-7-19/h3-11,15-17,21,23-24,36H,12-14H2,1-2H3,(H,31,37)/t16-,17-,23-,24-/m1/s1. The van der Waals surface area contributed by atoms with E-state index in [9.17, 15) is 29.6 Å². The Morgan fingerprint density at radius 1 is 1.20 bits per heavy atom. The zero-order chi connectivity index (χ0) is 31.1. The van der Waals surface area contributed by atoms with Gasteiger partial charge in [-0.15, -0.1) is 23.1 Å². The number of para-hydroxylation sites is 1. The molecule has 0 aliphatic carbocycles. The van der Waals surface area contributed by atoms with Crippen LogP contribution in [0.1, 0.15) is 29.9 Å². The van der Waals surface area contributed by atoms with Gasteiger partial charge in [-0.2, -0.15) is 0 Å². The molecule has 1 aromatic heterocycles. The summed E-state index contributed by atoms with van der Waals surface area (Å²) in [5.74, 6) is -2.03. The van der Waals surface area contributed by atoms with E-state index >= 15 is 0 Å². The molecule has 2 amide bonds. The first-order chi connectivity index (χ1) is 21.1. The first-order valence-corrected chi connectivity index (χ1v) is 15.8. The SMILES string of the molecule is C[C@@H](O)[C@H]1C(=O)N2C(C(=O)OCc3ccc([N+](=O)[O-])cc3)=C(SC3CN(c4nc(C(=O)Nc5ccccc5)cs4)C3)[C@H](C)[C@H]12. The minimum atomic E-state index is -0.856. The van der Waals surface area contributed by atoms with Crippen LogP contribution in [0, 0.1) is 22.0 Å². The number of carbonyl (C=O) groups excluding carboxylic acids is 3. The molecule has 0 radical (unpaired) electrons. The largest absolute Gasteiger partial charge is 0.456 e. The first kappa shape index (κ1) is 29.8. The highest BCUT2D eigenvalue weighted by Gasteiger charge is 2.60. The van der Waals surface area contributed by atoms with Crippen LogP contribution in [-0.4, -0.2) is 68.2 Å². The number of hydrogen-bond acceptors (Lipinski definition) is 11. The third kappa shape index (κ3) is 5.55. The third-order valence-corrected chi connectivity index (χ3v) is 10.3. The van der Waals surface area contributed by atoms with Crippen molar-refractivity contribution in [3.8, 4) is 0 Å². The number of aromatic nitrogens is 1. The molecule has 0 bridgehead atoms. The fourth-order valence-electron chi connectivity index (χ4n) is 5.68. The number of nitrogens with zero attached hydrogens (tertiary/aromatic N) is 4. The van der Waals surface area contributed by atoms with Crippen LogP contribution in [0.25, 0.3) is 0 Å². The maximum absolute atomic E-state index is 13.4. The van der Waals surface area contributed by atoms with Gasteiger partial charge in [0.2, 0.25) is 5.91 Å². The van der Waals surface area contributed by atoms with Crippen LogP contribution in [-0.2, 0) is 20.9 Å². The molecule has 0 unspecified atom stereocenters. The minimum Gasteiger partial charge on any atom is -0.456 e. The second kappa shape index (κ2) is 12.0. The number of rotatable bonds is 10. The number of hydrogen-bond donors (Lipinski definition) is 2. The zero-order valence-corrected chi connectivity index (χ0v) is 25.4. The molecular weight excluding hydrogens is 606 g/mol. The molecule has 2 fully saturated rings. The molecular formula is C30H29N5O7S2. The van der Waals surface area contributed by atoms with Gasteiger partial charge in [-0.1, -0.05) is 25.1 Å². The summed E-state index contributed by atoms with van der Waals surface area (Å²) in [6.45, 7) is 4.69. The van der Waals surface area contributed by atoms with E-state index in [1.165, 1.54) is 52.3 Å². The number of nitro benzene ring substituents is 1. The van der Waals surface area contributed by atoms with E-state index in [4.69, 9.17) is 4.74 Å². The number of fused-ring (bicyclic) bond motifs is 1. The van der Waals surface area contributed by atoms with Crippen LogP contribution < -0.4 is 10.2 Å². The molecule has 2 aromatic carbocycles. The first-order valence-electron chi connectivity index (χ1n) is 14.0. The molecule has 4 heterocycles. The lowest BCUT2D eigenvalue weighted by Gasteiger charge is -2.46. The summed E-state index contributed by atoms with van der Waals surface area (Å²) in [7, 11) is 0. The number of esters is 1. The molecule has 3 aliphatic rings. The molecule has 0 saturated carbocycles. The molecule has 0 spiro atoms. The van der Waals surface area contributed by atoms with Crippen molar-refractivity contribution >= 4 is 57.4 Å². The highest BCUT2D eigenvalue weighted by atomic mass is 32.2. The summed E-state index contributed by atoms with van der Waals surface area (Å²) in [6.07, 6.45) is -0.856. The van der Waals surface area contributed by atoms with Gasteiger partial charge in [0.25, 0.3) is 11.6 Å². The number of carbonyl (C=O) groups is 3. The van der Waals surface area contributed by atoms with Crippen LogP contribution in [0.2, 0.25) is 0 Å². The number of non-ortho nitro benzene ring substituents is 1. The van der Waals surface area contributed by atoms with E-state index in [0.717, 1.165) is 10.0 Å². The van der Waals surface area contributed by atoms with Crippen LogP contribution in [0.15, 0.2) is 70.6 Å². The van der Waals surface area contributed by atoms with Crippen LogP contribution >= 0.6 is 23.1 Å². The van der Waals surface area contributed by atoms with E-state index in [1.54, 1.807) is 24.4 Å². The average molecular weight is 636 g/mol. The molecule has 2 saturated heterocycles. The van der Waals surface area contributed by atoms with Gasteiger partial charge >= 0.3 is 5.97 Å². The number of ether oxygens (including phenoxy) is 1. The Morgan fingerprint density at radius 2 is 1.91 bits per heavy atom. The predicted octanol–water partition coefficient (Wildman–Crippen LogP) is 4.04. The van der Waals surface area contributed by atoms with Crippen molar-refractivity contribution < 1.29 is 29.2 Å². The highest BCUT2D eigenvalue weighted by molar-refractivity contribution is 8.03. The normalized spacial score (nSPS) is 21.8. The van der Waals surface area contributed by atoms with Crippen molar-refractivity contribution in [2.75, 3.05) is 23.3 Å².